The summed E-state index contributed by atoms with van der Waals surface area (Å²) in [4.78, 5) is 28.8. The van der Waals surface area contributed by atoms with E-state index in [0.717, 1.165) is 36.9 Å². The van der Waals surface area contributed by atoms with E-state index in [1.807, 2.05) is 24.3 Å². The van der Waals surface area contributed by atoms with Gasteiger partial charge >= 0.3 is 0 Å². The van der Waals surface area contributed by atoms with Gasteiger partial charge in [-0.25, -0.2) is 4.39 Å². The van der Waals surface area contributed by atoms with E-state index in [4.69, 9.17) is 0 Å². The van der Waals surface area contributed by atoms with Crippen LogP contribution in [0.1, 0.15) is 48.5 Å². The Morgan fingerprint density at radius 2 is 1.67 bits per heavy atom. The minimum atomic E-state index is -0.415. The first-order chi connectivity index (χ1) is 13.1. The molecule has 3 rings (SSSR count). The topological polar surface area (TPSA) is 40.6 Å². The number of amides is 2. The van der Waals surface area contributed by atoms with Gasteiger partial charge in [-0.15, -0.1) is 0 Å². The minimum absolute atomic E-state index is 0.00436. The molecule has 0 bridgehead atoms. The van der Waals surface area contributed by atoms with Crippen molar-refractivity contribution in [1.82, 2.24) is 4.90 Å². The fraction of sp³-hybridized carbons (Fsp3) is 0.364. The van der Waals surface area contributed by atoms with Crippen molar-refractivity contribution in [3.63, 3.8) is 0 Å². The minimum Gasteiger partial charge on any atom is -0.334 e. The Morgan fingerprint density at radius 3 is 2.41 bits per heavy atom. The Morgan fingerprint density at radius 1 is 0.926 bits per heavy atom. The Kier molecular flexibility index (Phi) is 6.22. The monoisotopic (exact) mass is 368 g/mol. The van der Waals surface area contributed by atoms with Gasteiger partial charge in [-0.3, -0.25) is 9.59 Å². The van der Waals surface area contributed by atoms with Crippen molar-refractivity contribution in [1.29, 1.82) is 0 Å². The zero-order valence-corrected chi connectivity index (χ0v) is 15.7. The molecule has 0 N–H and O–H groups in total. The maximum absolute atomic E-state index is 13.6. The number of hydrogen-bond donors (Lipinski definition) is 0. The summed E-state index contributed by atoms with van der Waals surface area (Å²) < 4.78 is 13.6. The van der Waals surface area contributed by atoms with Crippen molar-refractivity contribution in [3.05, 3.63) is 65.5 Å². The summed E-state index contributed by atoms with van der Waals surface area (Å²) in [6.45, 7) is 3.27. The zero-order valence-electron chi connectivity index (χ0n) is 15.7. The normalized spacial score (nSPS) is 15.6. The number of carbonyl (C=O) groups excluding carboxylic acids is 2. The number of benzene rings is 2. The van der Waals surface area contributed by atoms with Gasteiger partial charge in [-0.1, -0.05) is 37.1 Å². The fourth-order valence-electron chi connectivity index (χ4n) is 3.54. The van der Waals surface area contributed by atoms with Gasteiger partial charge < -0.3 is 9.80 Å². The first-order valence-electron chi connectivity index (χ1n) is 9.47. The molecule has 1 aliphatic heterocycles. The largest absolute Gasteiger partial charge is 0.334 e. The van der Waals surface area contributed by atoms with Gasteiger partial charge in [-0.05, 0) is 42.7 Å². The van der Waals surface area contributed by atoms with Crippen molar-refractivity contribution >= 4 is 17.5 Å². The van der Waals surface area contributed by atoms with E-state index < -0.39 is 5.82 Å². The van der Waals surface area contributed by atoms with Crippen LogP contribution in [0.4, 0.5) is 10.1 Å². The highest BCUT2D eigenvalue weighted by Gasteiger charge is 2.21. The van der Waals surface area contributed by atoms with Crippen LogP contribution in [0, 0.1) is 5.82 Å². The van der Waals surface area contributed by atoms with Crippen LogP contribution < -0.4 is 4.90 Å². The van der Waals surface area contributed by atoms with Gasteiger partial charge in [0.1, 0.15) is 5.82 Å². The molecular weight excluding hydrogens is 343 g/mol. The van der Waals surface area contributed by atoms with E-state index in [1.165, 1.54) is 12.1 Å². The van der Waals surface area contributed by atoms with E-state index in [1.54, 1.807) is 28.9 Å². The number of nitrogens with zero attached hydrogens (tertiary/aromatic N) is 2. The van der Waals surface area contributed by atoms with Gasteiger partial charge in [0.05, 0.1) is 0 Å². The van der Waals surface area contributed by atoms with Gasteiger partial charge in [0.2, 0.25) is 5.91 Å². The van der Waals surface area contributed by atoms with E-state index in [0.29, 0.717) is 25.2 Å². The number of halogens is 1. The number of fused-ring (bicyclic) bond motifs is 1. The lowest BCUT2D eigenvalue weighted by molar-refractivity contribution is -0.116. The fourth-order valence-corrected chi connectivity index (χ4v) is 3.54. The molecule has 0 saturated heterocycles. The van der Waals surface area contributed by atoms with Crippen LogP contribution in [-0.4, -0.2) is 29.8 Å². The van der Waals surface area contributed by atoms with E-state index >= 15 is 0 Å². The maximum Gasteiger partial charge on any atom is 0.254 e. The molecule has 1 aliphatic rings. The lowest BCUT2D eigenvalue weighted by Crippen LogP contribution is -2.33. The smallest absolute Gasteiger partial charge is 0.254 e. The molecule has 1 heterocycles. The van der Waals surface area contributed by atoms with Crippen LogP contribution in [0.15, 0.2) is 48.5 Å². The number of carbonyl (C=O) groups is 2. The van der Waals surface area contributed by atoms with Crippen LogP contribution in [0.2, 0.25) is 0 Å². The summed E-state index contributed by atoms with van der Waals surface area (Å²) in [7, 11) is 0. The van der Waals surface area contributed by atoms with Crippen LogP contribution in [-0.2, 0) is 11.3 Å². The summed E-state index contributed by atoms with van der Waals surface area (Å²) in [6.07, 6.45) is 3.83. The summed E-state index contributed by atoms with van der Waals surface area (Å²) in [6, 6.07) is 13.5. The third-order valence-corrected chi connectivity index (χ3v) is 4.94. The van der Waals surface area contributed by atoms with Crippen LogP contribution in [0.25, 0.3) is 0 Å². The Balaban J connectivity index is 1.94. The Labute approximate surface area is 159 Å². The van der Waals surface area contributed by atoms with Gasteiger partial charge in [0, 0.05) is 37.8 Å². The SMILES string of the molecule is CC(=O)N1CCCCCCN(C(=O)c2cccc(F)c2)Cc2ccccc21. The number of anilines is 1. The highest BCUT2D eigenvalue weighted by molar-refractivity contribution is 5.95. The molecule has 4 nitrogen and oxygen atoms in total. The van der Waals surface area contributed by atoms with Crippen molar-refractivity contribution < 1.29 is 14.0 Å². The molecule has 0 spiro atoms. The van der Waals surface area contributed by atoms with Gasteiger partial charge in [-0.2, -0.15) is 0 Å². The predicted octanol–water partition coefficient (Wildman–Crippen LogP) is 4.40. The van der Waals surface area contributed by atoms with E-state index in [-0.39, 0.29) is 11.8 Å². The van der Waals surface area contributed by atoms with Crippen LogP contribution in [0.5, 0.6) is 0 Å². The van der Waals surface area contributed by atoms with Gasteiger partial charge in [0.25, 0.3) is 5.91 Å². The average Bonchev–Trinajstić information content (AvgIpc) is 2.70. The molecule has 5 heteroatoms. The summed E-state index contributed by atoms with van der Waals surface area (Å²) >= 11 is 0. The third-order valence-electron chi connectivity index (χ3n) is 4.94. The second kappa shape index (κ2) is 8.80. The Bertz CT molecular complexity index is 821. The molecule has 2 aromatic rings. The molecule has 0 aromatic heterocycles. The average molecular weight is 368 g/mol. The highest BCUT2D eigenvalue weighted by atomic mass is 19.1. The quantitative estimate of drug-likeness (QED) is 0.749. The second-order valence-corrected chi connectivity index (χ2v) is 6.95. The molecule has 0 atom stereocenters. The van der Waals surface area contributed by atoms with Crippen molar-refractivity contribution in [2.75, 3.05) is 18.0 Å². The van der Waals surface area contributed by atoms with Crippen molar-refractivity contribution in [3.8, 4) is 0 Å². The zero-order chi connectivity index (χ0) is 19.2. The summed E-state index contributed by atoms with van der Waals surface area (Å²) in [5, 5.41) is 0. The molecule has 0 radical (unpaired) electrons. The van der Waals surface area contributed by atoms with Crippen LogP contribution >= 0.6 is 0 Å². The molecule has 2 aromatic carbocycles. The van der Waals surface area contributed by atoms with E-state index in [9.17, 15) is 14.0 Å². The highest BCUT2D eigenvalue weighted by Crippen LogP contribution is 2.25. The molecule has 142 valence electrons. The first-order valence-corrected chi connectivity index (χ1v) is 9.47. The predicted molar refractivity (Wildman–Crippen MR) is 104 cm³/mol. The van der Waals surface area contributed by atoms with Crippen LogP contribution in [0.3, 0.4) is 0 Å². The standard InChI is InChI=1S/C22H25FN2O2/c1-17(26)25-14-7-3-2-6-13-24(16-19-9-4-5-12-21(19)25)22(27)18-10-8-11-20(23)15-18/h4-5,8-12,15H,2-3,6-7,13-14,16H2,1H3. The third kappa shape index (κ3) is 4.73. The van der Waals surface area contributed by atoms with Crippen molar-refractivity contribution in [2.24, 2.45) is 0 Å². The van der Waals surface area contributed by atoms with E-state index in [2.05, 4.69) is 0 Å². The summed E-state index contributed by atoms with van der Waals surface area (Å²) in [5.74, 6) is -0.593. The molecule has 2 amide bonds. The number of hydrogen-bond acceptors (Lipinski definition) is 2. The van der Waals surface area contributed by atoms with Gasteiger partial charge in [0.15, 0.2) is 0 Å². The molecule has 0 saturated carbocycles. The molecule has 27 heavy (non-hydrogen) atoms. The second-order valence-electron chi connectivity index (χ2n) is 6.95. The molecule has 0 fully saturated rings. The lowest BCUT2D eigenvalue weighted by atomic mass is 10.1. The molecule has 0 unspecified atom stereocenters. The summed E-state index contributed by atoms with van der Waals surface area (Å²) in [5.41, 5.74) is 2.13. The lowest BCUT2D eigenvalue weighted by Gasteiger charge is -2.27. The molecule has 0 aliphatic carbocycles. The number of rotatable bonds is 1. The number of para-hydroxylation sites is 1. The van der Waals surface area contributed by atoms with Crippen molar-refractivity contribution in [2.45, 2.75) is 39.2 Å². The maximum atomic E-state index is 13.6. The Hall–Kier alpha value is -2.69. The first kappa shape index (κ1) is 19.1. The molecular formula is C22H25FN2O2.